The zero-order chi connectivity index (χ0) is 14.9. The van der Waals surface area contributed by atoms with Crippen molar-refractivity contribution in [3.63, 3.8) is 0 Å². The number of hydrogen-bond donors (Lipinski definition) is 1. The van der Waals surface area contributed by atoms with E-state index in [1.807, 2.05) is 0 Å². The molecule has 0 saturated carbocycles. The second-order valence-corrected chi connectivity index (χ2v) is 6.59. The largest absolute Gasteiger partial charge is 0.507 e. The van der Waals surface area contributed by atoms with Gasteiger partial charge in [0, 0.05) is 13.1 Å². The molecular weight excluding hydrogens is 257 g/mol. The van der Waals surface area contributed by atoms with E-state index in [1.165, 1.54) is 6.07 Å². The average molecular weight is 279 g/mol. The quantitative estimate of drug-likeness (QED) is 0.855. The molecule has 0 spiro atoms. The molecule has 20 heavy (non-hydrogen) atoms. The van der Waals surface area contributed by atoms with Crippen LogP contribution in [0.15, 0.2) is 18.2 Å². The van der Waals surface area contributed by atoms with Gasteiger partial charge in [0.15, 0.2) is 0 Å². The number of halogens is 1. The Hall–Kier alpha value is -1.58. The van der Waals surface area contributed by atoms with E-state index < -0.39 is 5.82 Å². The molecule has 0 aromatic heterocycles. The van der Waals surface area contributed by atoms with Crippen LogP contribution in [0, 0.1) is 17.2 Å². The normalized spacial score (nSPS) is 17.3. The highest BCUT2D eigenvalue weighted by Gasteiger charge is 2.31. The van der Waals surface area contributed by atoms with Crippen molar-refractivity contribution >= 4 is 5.91 Å². The number of piperidine rings is 1. The number of phenols is 1. The van der Waals surface area contributed by atoms with E-state index in [0.717, 1.165) is 25.0 Å². The van der Waals surface area contributed by atoms with E-state index in [0.29, 0.717) is 19.0 Å². The number of amides is 1. The van der Waals surface area contributed by atoms with Crippen LogP contribution in [0.4, 0.5) is 4.39 Å². The summed E-state index contributed by atoms with van der Waals surface area (Å²) >= 11 is 0. The molecule has 1 aliphatic heterocycles. The van der Waals surface area contributed by atoms with Crippen LogP contribution in [-0.2, 0) is 0 Å². The first-order valence-corrected chi connectivity index (χ1v) is 7.07. The SMILES string of the molecule is CC(C)(C)C1CCN(C(=O)c2cc(F)ccc2O)CC1. The minimum absolute atomic E-state index is 0.0548. The van der Waals surface area contributed by atoms with Crippen LogP contribution in [0.5, 0.6) is 5.75 Å². The molecule has 1 aromatic carbocycles. The van der Waals surface area contributed by atoms with Crippen LogP contribution in [0.2, 0.25) is 0 Å². The molecule has 110 valence electrons. The number of carbonyl (C=O) groups is 1. The average Bonchev–Trinajstić information content (AvgIpc) is 2.40. The standard InChI is InChI=1S/C16H22FNO2/c1-16(2,3)11-6-8-18(9-7-11)15(20)13-10-12(17)4-5-14(13)19/h4-5,10-11,19H,6-9H2,1-3H3. The van der Waals surface area contributed by atoms with Crippen molar-refractivity contribution in [3.8, 4) is 5.75 Å². The molecule has 1 aromatic rings. The lowest BCUT2D eigenvalue weighted by atomic mass is 9.75. The topological polar surface area (TPSA) is 40.5 Å². The predicted molar refractivity (Wildman–Crippen MR) is 76.1 cm³/mol. The van der Waals surface area contributed by atoms with Gasteiger partial charge in [-0.15, -0.1) is 0 Å². The molecule has 0 bridgehead atoms. The third-order valence-corrected chi connectivity index (χ3v) is 4.20. The van der Waals surface area contributed by atoms with Gasteiger partial charge in [-0.3, -0.25) is 4.79 Å². The van der Waals surface area contributed by atoms with E-state index in [9.17, 15) is 14.3 Å². The number of carbonyl (C=O) groups excluding carboxylic acids is 1. The summed E-state index contributed by atoms with van der Waals surface area (Å²) in [6, 6.07) is 3.48. The number of aromatic hydroxyl groups is 1. The Kier molecular flexibility index (Phi) is 4.02. The van der Waals surface area contributed by atoms with Gasteiger partial charge in [-0.2, -0.15) is 0 Å². The number of nitrogens with zero attached hydrogens (tertiary/aromatic N) is 1. The predicted octanol–water partition coefficient (Wildman–Crippen LogP) is 3.43. The van der Waals surface area contributed by atoms with Crippen molar-refractivity contribution in [2.75, 3.05) is 13.1 Å². The first-order chi connectivity index (χ1) is 9.29. The third kappa shape index (κ3) is 3.11. The number of likely N-dealkylation sites (tertiary alicyclic amines) is 1. The minimum atomic E-state index is -0.504. The zero-order valence-electron chi connectivity index (χ0n) is 12.3. The van der Waals surface area contributed by atoms with Crippen molar-refractivity contribution in [3.05, 3.63) is 29.6 Å². The monoisotopic (exact) mass is 279 g/mol. The summed E-state index contributed by atoms with van der Waals surface area (Å²) in [6.45, 7) is 7.97. The minimum Gasteiger partial charge on any atom is -0.507 e. The van der Waals surface area contributed by atoms with Crippen LogP contribution in [-0.4, -0.2) is 29.0 Å². The Morgan fingerprint density at radius 1 is 1.30 bits per heavy atom. The molecule has 2 rings (SSSR count). The highest BCUT2D eigenvalue weighted by atomic mass is 19.1. The molecular formula is C16H22FNO2. The second kappa shape index (κ2) is 5.43. The van der Waals surface area contributed by atoms with Gasteiger partial charge in [0.25, 0.3) is 5.91 Å². The van der Waals surface area contributed by atoms with Gasteiger partial charge in [-0.05, 0) is 42.4 Å². The highest BCUT2D eigenvalue weighted by molar-refractivity contribution is 5.96. The van der Waals surface area contributed by atoms with Gasteiger partial charge in [-0.25, -0.2) is 4.39 Å². The lowest BCUT2D eigenvalue weighted by Crippen LogP contribution is -2.41. The molecule has 1 N–H and O–H groups in total. The lowest BCUT2D eigenvalue weighted by molar-refractivity contribution is 0.0605. The Labute approximate surface area is 119 Å². The molecule has 0 aliphatic carbocycles. The van der Waals surface area contributed by atoms with Crippen LogP contribution in [0.1, 0.15) is 44.0 Å². The summed E-state index contributed by atoms with van der Waals surface area (Å²) in [7, 11) is 0. The lowest BCUT2D eigenvalue weighted by Gasteiger charge is -2.38. The maximum absolute atomic E-state index is 13.2. The summed E-state index contributed by atoms with van der Waals surface area (Å²) in [5.41, 5.74) is 0.301. The van der Waals surface area contributed by atoms with E-state index >= 15 is 0 Å². The summed E-state index contributed by atoms with van der Waals surface area (Å²) in [5.74, 6) is -0.355. The van der Waals surface area contributed by atoms with Crippen molar-refractivity contribution in [2.45, 2.75) is 33.6 Å². The Morgan fingerprint density at radius 2 is 1.90 bits per heavy atom. The number of hydrogen-bond acceptors (Lipinski definition) is 2. The number of rotatable bonds is 1. The third-order valence-electron chi connectivity index (χ3n) is 4.20. The molecule has 1 aliphatic rings. The molecule has 1 fully saturated rings. The fraction of sp³-hybridized carbons (Fsp3) is 0.562. The van der Waals surface area contributed by atoms with Crippen LogP contribution < -0.4 is 0 Å². The molecule has 0 radical (unpaired) electrons. The second-order valence-electron chi connectivity index (χ2n) is 6.59. The maximum Gasteiger partial charge on any atom is 0.257 e. The molecule has 1 saturated heterocycles. The van der Waals surface area contributed by atoms with Gasteiger partial charge in [-0.1, -0.05) is 20.8 Å². The first-order valence-electron chi connectivity index (χ1n) is 7.07. The van der Waals surface area contributed by atoms with Crippen LogP contribution >= 0.6 is 0 Å². The van der Waals surface area contributed by atoms with Gasteiger partial charge in [0.2, 0.25) is 0 Å². The van der Waals surface area contributed by atoms with Crippen LogP contribution in [0.25, 0.3) is 0 Å². The number of phenolic OH excluding ortho intramolecular Hbond substituents is 1. The van der Waals surface area contributed by atoms with Crippen molar-refractivity contribution < 1.29 is 14.3 Å². The zero-order valence-corrected chi connectivity index (χ0v) is 12.3. The fourth-order valence-electron chi connectivity index (χ4n) is 2.80. The van der Waals surface area contributed by atoms with Crippen molar-refractivity contribution in [1.29, 1.82) is 0 Å². The Balaban J connectivity index is 2.07. The van der Waals surface area contributed by atoms with E-state index in [4.69, 9.17) is 0 Å². The highest BCUT2D eigenvalue weighted by Crippen LogP contribution is 2.34. The van der Waals surface area contributed by atoms with Crippen LogP contribution in [0.3, 0.4) is 0 Å². The Morgan fingerprint density at radius 3 is 2.45 bits per heavy atom. The van der Waals surface area contributed by atoms with E-state index in [1.54, 1.807) is 4.90 Å². The molecule has 4 heteroatoms. The van der Waals surface area contributed by atoms with E-state index in [-0.39, 0.29) is 22.6 Å². The molecule has 0 unspecified atom stereocenters. The summed E-state index contributed by atoms with van der Waals surface area (Å²) in [6.07, 6.45) is 1.90. The number of benzene rings is 1. The van der Waals surface area contributed by atoms with Gasteiger partial charge in [0.05, 0.1) is 5.56 Å². The first kappa shape index (κ1) is 14.8. The van der Waals surface area contributed by atoms with E-state index in [2.05, 4.69) is 20.8 Å². The van der Waals surface area contributed by atoms with Gasteiger partial charge in [0.1, 0.15) is 11.6 Å². The van der Waals surface area contributed by atoms with Gasteiger partial charge < -0.3 is 10.0 Å². The molecule has 1 heterocycles. The summed E-state index contributed by atoms with van der Waals surface area (Å²) in [5, 5.41) is 9.70. The Bertz CT molecular complexity index is 500. The smallest absolute Gasteiger partial charge is 0.257 e. The fourth-order valence-corrected chi connectivity index (χ4v) is 2.80. The van der Waals surface area contributed by atoms with Gasteiger partial charge >= 0.3 is 0 Å². The molecule has 1 amide bonds. The molecule has 0 atom stereocenters. The summed E-state index contributed by atoms with van der Waals surface area (Å²) < 4.78 is 13.2. The maximum atomic E-state index is 13.2. The van der Waals surface area contributed by atoms with Crippen molar-refractivity contribution in [2.24, 2.45) is 11.3 Å². The summed E-state index contributed by atoms with van der Waals surface area (Å²) in [4.78, 5) is 14.0. The molecule has 3 nitrogen and oxygen atoms in total. The van der Waals surface area contributed by atoms with Crippen molar-refractivity contribution in [1.82, 2.24) is 4.90 Å².